The van der Waals surface area contributed by atoms with Crippen LogP contribution in [0.5, 0.6) is 0 Å². The molecule has 1 N–H and O–H groups in total. The lowest BCUT2D eigenvalue weighted by atomic mass is 9.88. The molecule has 31 heavy (non-hydrogen) atoms. The van der Waals surface area contributed by atoms with E-state index in [1.54, 1.807) is 11.8 Å². The van der Waals surface area contributed by atoms with Crippen molar-refractivity contribution in [3.63, 3.8) is 0 Å². The Morgan fingerprint density at radius 2 is 1.87 bits per heavy atom. The van der Waals surface area contributed by atoms with E-state index in [1.165, 1.54) is 12.8 Å². The summed E-state index contributed by atoms with van der Waals surface area (Å²) in [6.07, 6.45) is 5.16. The normalized spacial score (nSPS) is 36.9. The number of phosphoric ester groups is 1. The number of hydrogen-bond acceptors (Lipinski definition) is 4. The van der Waals surface area contributed by atoms with Gasteiger partial charge in [-0.3, -0.25) is 9.42 Å². The molecule has 4 saturated carbocycles. The van der Waals surface area contributed by atoms with Crippen molar-refractivity contribution in [2.45, 2.75) is 49.0 Å². The molecule has 1 aliphatic heterocycles. The molecular formula is C25H27O4PS. The Morgan fingerprint density at radius 1 is 1.13 bits per heavy atom. The third kappa shape index (κ3) is 3.24. The van der Waals surface area contributed by atoms with Crippen molar-refractivity contribution >= 4 is 31.4 Å². The van der Waals surface area contributed by atoms with Crippen LogP contribution >= 0.6 is 19.6 Å². The molecule has 1 heterocycles. The molecule has 4 fully saturated rings. The van der Waals surface area contributed by atoms with Gasteiger partial charge in [-0.1, -0.05) is 62.0 Å². The van der Waals surface area contributed by atoms with Crippen LogP contribution in [0.4, 0.5) is 0 Å². The van der Waals surface area contributed by atoms with Gasteiger partial charge in [0.05, 0.1) is 6.10 Å². The van der Waals surface area contributed by atoms with E-state index in [2.05, 4.69) is 19.9 Å². The minimum Gasteiger partial charge on any atom is -0.403 e. The Labute approximate surface area is 187 Å². The van der Waals surface area contributed by atoms with Crippen LogP contribution in [0.3, 0.4) is 0 Å². The molecule has 7 atom stereocenters. The molecule has 162 valence electrons. The number of rotatable bonds is 4. The first kappa shape index (κ1) is 20.1. The fraction of sp³-hybridized carbons (Fsp3) is 0.440. The van der Waals surface area contributed by atoms with Crippen LogP contribution in [-0.2, 0) is 13.6 Å². The van der Waals surface area contributed by atoms with E-state index < -0.39 is 7.82 Å². The van der Waals surface area contributed by atoms with Crippen molar-refractivity contribution in [2.24, 2.45) is 29.1 Å². The second-order valence-corrected chi connectivity index (χ2v) is 12.2. The highest BCUT2D eigenvalue weighted by atomic mass is 32.2. The molecule has 0 amide bonds. The minimum absolute atomic E-state index is 0.188. The molecule has 4 aliphatic carbocycles. The van der Waals surface area contributed by atoms with Gasteiger partial charge in [0.15, 0.2) is 0 Å². The third-order valence-electron chi connectivity index (χ3n) is 8.15. The molecule has 4 unspecified atom stereocenters. The van der Waals surface area contributed by atoms with Crippen molar-refractivity contribution in [1.82, 2.24) is 0 Å². The van der Waals surface area contributed by atoms with Gasteiger partial charge in [0, 0.05) is 15.4 Å². The molecule has 4 nitrogen and oxygen atoms in total. The molecule has 5 aliphatic rings. The van der Waals surface area contributed by atoms with E-state index >= 15 is 0 Å². The van der Waals surface area contributed by atoms with Crippen molar-refractivity contribution < 1.29 is 18.5 Å². The molecule has 0 saturated heterocycles. The Hall–Kier alpha value is -1.52. The van der Waals surface area contributed by atoms with Gasteiger partial charge < -0.3 is 4.52 Å². The second-order valence-electron chi connectivity index (χ2n) is 9.83. The second kappa shape index (κ2) is 6.99. The average molecular weight is 455 g/mol. The van der Waals surface area contributed by atoms with Gasteiger partial charge >= 0.3 is 7.82 Å². The Kier molecular flexibility index (Phi) is 4.53. The summed E-state index contributed by atoms with van der Waals surface area (Å²) in [5.74, 6) is 2.28. The molecule has 0 aromatic heterocycles. The van der Waals surface area contributed by atoms with Crippen LogP contribution in [0, 0.1) is 29.1 Å². The monoisotopic (exact) mass is 454 g/mol. The Morgan fingerprint density at radius 3 is 2.71 bits per heavy atom. The summed E-state index contributed by atoms with van der Waals surface area (Å²) in [6, 6.07) is 15.9. The topological polar surface area (TPSA) is 55.8 Å². The zero-order valence-electron chi connectivity index (χ0n) is 17.7. The molecule has 4 bridgehead atoms. The fourth-order valence-corrected chi connectivity index (χ4v) is 8.47. The van der Waals surface area contributed by atoms with Gasteiger partial charge in [0.25, 0.3) is 0 Å². The summed E-state index contributed by atoms with van der Waals surface area (Å²) in [4.78, 5) is 13.0. The molecule has 6 heteroatoms. The predicted molar refractivity (Wildman–Crippen MR) is 122 cm³/mol. The molecular weight excluding hydrogens is 427 g/mol. The summed E-state index contributed by atoms with van der Waals surface area (Å²) in [5.41, 5.74) is 2.06. The number of phosphoric acid groups is 1. The summed E-state index contributed by atoms with van der Waals surface area (Å²) in [7, 11) is -4.29. The van der Waals surface area contributed by atoms with Crippen LogP contribution in [0.25, 0.3) is 11.8 Å². The van der Waals surface area contributed by atoms with Gasteiger partial charge in [-0.25, -0.2) is 4.57 Å². The fourth-order valence-electron chi connectivity index (χ4n) is 6.38. The Balaban J connectivity index is 1.32. The maximum atomic E-state index is 13.3. The van der Waals surface area contributed by atoms with Gasteiger partial charge in [-0.2, -0.15) is 0 Å². The smallest absolute Gasteiger partial charge is 0.403 e. The molecule has 2 aromatic rings. The van der Waals surface area contributed by atoms with Gasteiger partial charge in [-0.05, 0) is 72.1 Å². The van der Waals surface area contributed by atoms with E-state index in [1.807, 2.05) is 48.5 Å². The molecule has 0 spiro atoms. The highest BCUT2D eigenvalue weighted by molar-refractivity contribution is 7.99. The lowest BCUT2D eigenvalue weighted by Crippen LogP contribution is -2.27. The molecule has 2 aromatic carbocycles. The van der Waals surface area contributed by atoms with E-state index in [4.69, 9.17) is 9.05 Å². The van der Waals surface area contributed by atoms with E-state index in [0.29, 0.717) is 29.4 Å². The van der Waals surface area contributed by atoms with Crippen LogP contribution in [0.1, 0.15) is 44.2 Å². The zero-order valence-corrected chi connectivity index (χ0v) is 19.4. The maximum Gasteiger partial charge on any atom is 0.527 e. The van der Waals surface area contributed by atoms with Crippen molar-refractivity contribution in [1.29, 1.82) is 0 Å². The molecule has 7 rings (SSSR count). The number of fused-ring (bicyclic) bond motifs is 4. The number of benzene rings is 2. The van der Waals surface area contributed by atoms with Crippen molar-refractivity contribution in [2.75, 3.05) is 0 Å². The van der Waals surface area contributed by atoms with Crippen LogP contribution in [0.15, 0.2) is 58.3 Å². The number of hydrogen-bond donors (Lipinski definition) is 1. The highest BCUT2D eigenvalue weighted by Gasteiger charge is 2.72. The van der Waals surface area contributed by atoms with Crippen molar-refractivity contribution in [3.05, 3.63) is 59.7 Å². The van der Waals surface area contributed by atoms with Crippen LogP contribution < -0.4 is 0 Å². The average Bonchev–Trinajstić information content (AvgIpc) is 3.25. The molecule has 0 radical (unpaired) electrons. The summed E-state index contributed by atoms with van der Waals surface area (Å²) < 4.78 is 25.1. The van der Waals surface area contributed by atoms with Crippen LogP contribution in [-0.4, -0.2) is 11.0 Å². The summed E-state index contributed by atoms with van der Waals surface area (Å²) >= 11 is 1.64. The van der Waals surface area contributed by atoms with E-state index in [9.17, 15) is 9.46 Å². The SMILES string of the molecule is C[C@H]1CC[C@@]2(C)C3CC1[C@@H](OP(=O)(O)OC1=Cc4ccccc4Sc4ccccc41)C32. The maximum absolute atomic E-state index is 13.3. The van der Waals surface area contributed by atoms with Gasteiger partial charge in [-0.15, -0.1) is 0 Å². The van der Waals surface area contributed by atoms with E-state index in [-0.39, 0.29) is 11.5 Å². The summed E-state index contributed by atoms with van der Waals surface area (Å²) in [6.45, 7) is 4.59. The van der Waals surface area contributed by atoms with E-state index in [0.717, 1.165) is 27.3 Å². The quantitative estimate of drug-likeness (QED) is 0.512. The largest absolute Gasteiger partial charge is 0.527 e. The standard InChI is InChI=1S/C25H27O4PS/c1-15-11-12-25(2)19-14-18(15)24(23(19)25)29-30(26,27)28-20-13-16-7-3-5-9-21(16)31-22-10-6-4-8-17(20)22/h3-10,13,15,18-19,23-24H,11-12,14H2,1-2H3,(H,26,27)/t15-,18?,19?,23?,24+,25-/m0/s1. The summed E-state index contributed by atoms with van der Waals surface area (Å²) in [5, 5.41) is 0. The lowest BCUT2D eigenvalue weighted by Gasteiger charge is -2.28. The third-order valence-corrected chi connectivity index (χ3v) is 10.3. The zero-order chi connectivity index (χ0) is 21.4. The predicted octanol–water partition coefficient (Wildman–Crippen LogP) is 6.85. The highest BCUT2D eigenvalue weighted by Crippen LogP contribution is 2.76. The Bertz CT molecular complexity index is 1130. The first-order valence-corrected chi connectivity index (χ1v) is 13.5. The first-order valence-electron chi connectivity index (χ1n) is 11.1. The van der Waals surface area contributed by atoms with Crippen LogP contribution in [0.2, 0.25) is 0 Å². The first-order chi connectivity index (χ1) is 14.9. The lowest BCUT2D eigenvalue weighted by molar-refractivity contribution is 0.0631. The van der Waals surface area contributed by atoms with Crippen molar-refractivity contribution in [3.8, 4) is 0 Å². The van der Waals surface area contributed by atoms with Gasteiger partial charge in [0.1, 0.15) is 5.76 Å². The van der Waals surface area contributed by atoms with Gasteiger partial charge in [0.2, 0.25) is 0 Å². The minimum atomic E-state index is -4.29.